The van der Waals surface area contributed by atoms with Gasteiger partial charge in [-0.1, -0.05) is 56.0 Å². The molecule has 1 aromatic carbocycles. The van der Waals surface area contributed by atoms with Crippen molar-refractivity contribution in [3.8, 4) is 0 Å². The van der Waals surface area contributed by atoms with E-state index < -0.39 is 6.04 Å². The highest BCUT2D eigenvalue weighted by Gasteiger charge is 2.34. The van der Waals surface area contributed by atoms with Crippen LogP contribution in [0.15, 0.2) is 24.3 Å². The van der Waals surface area contributed by atoms with Crippen LogP contribution in [0.4, 0.5) is 0 Å². The molecule has 0 bridgehead atoms. The van der Waals surface area contributed by atoms with Crippen molar-refractivity contribution in [2.24, 2.45) is 0 Å². The van der Waals surface area contributed by atoms with Gasteiger partial charge in [0.25, 0.3) is 0 Å². The zero-order valence-electron chi connectivity index (χ0n) is 16.1. The number of nitrogens with zero attached hydrogens (tertiary/aromatic N) is 1. The molecule has 2 amide bonds. The van der Waals surface area contributed by atoms with Gasteiger partial charge in [0.2, 0.25) is 11.8 Å². The second-order valence-electron chi connectivity index (χ2n) is 7.35. The van der Waals surface area contributed by atoms with Gasteiger partial charge in [-0.3, -0.25) is 9.59 Å². The maximum Gasteiger partial charge on any atom is 0.247 e. The molecule has 5 heteroatoms. The van der Waals surface area contributed by atoms with Crippen LogP contribution in [-0.2, 0) is 9.59 Å². The van der Waals surface area contributed by atoms with Gasteiger partial charge >= 0.3 is 0 Å². The molecular weight excluding hydrogens is 348 g/mol. The molecule has 4 nitrogen and oxygen atoms in total. The number of amides is 2. The lowest BCUT2D eigenvalue weighted by atomic mass is 9.94. The number of carbonyl (C=O) groups is 2. The van der Waals surface area contributed by atoms with E-state index >= 15 is 0 Å². The van der Waals surface area contributed by atoms with Crippen molar-refractivity contribution in [2.75, 3.05) is 5.88 Å². The topological polar surface area (TPSA) is 49.4 Å². The van der Waals surface area contributed by atoms with Crippen LogP contribution in [-0.4, -0.2) is 34.7 Å². The summed E-state index contributed by atoms with van der Waals surface area (Å²) in [5.74, 6) is -0.423. The first kappa shape index (κ1) is 20.8. The van der Waals surface area contributed by atoms with E-state index in [0.717, 1.165) is 43.2 Å². The predicted molar refractivity (Wildman–Crippen MR) is 106 cm³/mol. The third-order valence-electron chi connectivity index (χ3n) is 5.34. The average Bonchev–Trinajstić information content (AvgIpc) is 2.66. The molecule has 0 aliphatic heterocycles. The fraction of sp³-hybridized carbons (Fsp3) is 0.619. The lowest BCUT2D eigenvalue weighted by Gasteiger charge is -2.36. The molecule has 2 rings (SSSR count). The Bertz CT molecular complexity index is 597. The van der Waals surface area contributed by atoms with Crippen LogP contribution in [0.1, 0.15) is 69.5 Å². The summed E-state index contributed by atoms with van der Waals surface area (Å²) in [7, 11) is 0. The Morgan fingerprint density at radius 3 is 2.35 bits per heavy atom. The fourth-order valence-corrected chi connectivity index (χ4v) is 3.76. The van der Waals surface area contributed by atoms with Crippen molar-refractivity contribution in [2.45, 2.75) is 77.4 Å². The number of hydrogen-bond donors (Lipinski definition) is 1. The number of carbonyl (C=O) groups excluding carboxylic acids is 2. The van der Waals surface area contributed by atoms with Gasteiger partial charge in [-0.15, -0.1) is 11.6 Å². The van der Waals surface area contributed by atoms with Crippen molar-refractivity contribution < 1.29 is 9.59 Å². The van der Waals surface area contributed by atoms with Gasteiger partial charge in [-0.2, -0.15) is 0 Å². The molecule has 1 fully saturated rings. The molecule has 1 aromatic rings. The molecule has 0 saturated heterocycles. The summed E-state index contributed by atoms with van der Waals surface area (Å²) >= 11 is 5.88. The van der Waals surface area contributed by atoms with Gasteiger partial charge in [0, 0.05) is 12.1 Å². The van der Waals surface area contributed by atoms with Gasteiger partial charge in [0.1, 0.15) is 11.9 Å². The molecule has 1 N–H and O–H groups in total. The van der Waals surface area contributed by atoms with Crippen LogP contribution in [0.25, 0.3) is 0 Å². The molecule has 2 atom stereocenters. The lowest BCUT2D eigenvalue weighted by Crippen LogP contribution is -2.50. The average molecular weight is 379 g/mol. The maximum absolute atomic E-state index is 13.2. The third kappa shape index (κ3) is 5.23. The van der Waals surface area contributed by atoms with Gasteiger partial charge in [-0.25, -0.2) is 0 Å². The zero-order chi connectivity index (χ0) is 19.1. The summed E-state index contributed by atoms with van der Waals surface area (Å²) in [5, 5.41) is 3.19. The van der Waals surface area contributed by atoms with Crippen molar-refractivity contribution in [3.63, 3.8) is 0 Å². The molecule has 0 radical (unpaired) electrons. The van der Waals surface area contributed by atoms with Gasteiger partial charge < -0.3 is 10.2 Å². The SMILES string of the molecule is CC[C@H](C)N(C(=O)CCl)[C@H](C(=O)NC1CCCCC1)c1ccc(C)cc1. The number of aryl methyl sites for hydroxylation is 1. The standard InChI is InChI=1S/C21H31ClN2O2/c1-4-16(3)24(19(25)14-22)20(17-12-10-15(2)11-13-17)21(26)23-18-8-6-5-7-9-18/h10-13,16,18,20H,4-9,14H2,1-3H3,(H,23,26)/t16-,20-/m0/s1. The van der Waals surface area contributed by atoms with Crippen molar-refractivity contribution in [1.82, 2.24) is 10.2 Å². The summed E-state index contributed by atoms with van der Waals surface area (Å²) in [6.07, 6.45) is 6.32. The Hall–Kier alpha value is -1.55. The van der Waals surface area contributed by atoms with Crippen LogP contribution in [0.5, 0.6) is 0 Å². The van der Waals surface area contributed by atoms with Crippen LogP contribution >= 0.6 is 11.6 Å². The Balaban J connectivity index is 2.34. The Kier molecular flexibility index (Phi) is 7.95. The Labute approximate surface area is 162 Å². The summed E-state index contributed by atoms with van der Waals surface area (Å²) in [6.45, 7) is 6.00. The number of nitrogens with one attached hydrogen (secondary N) is 1. The van der Waals surface area contributed by atoms with E-state index in [0.29, 0.717) is 0 Å². The van der Waals surface area contributed by atoms with Gasteiger partial charge in [0.05, 0.1) is 0 Å². The molecule has 1 aliphatic rings. The first-order valence-electron chi connectivity index (χ1n) is 9.72. The van der Waals surface area contributed by atoms with E-state index in [9.17, 15) is 9.59 Å². The van der Waals surface area contributed by atoms with Crippen molar-refractivity contribution in [1.29, 1.82) is 0 Å². The lowest BCUT2D eigenvalue weighted by molar-refractivity contribution is -0.141. The largest absolute Gasteiger partial charge is 0.351 e. The summed E-state index contributed by atoms with van der Waals surface area (Å²) < 4.78 is 0. The first-order chi connectivity index (χ1) is 12.5. The van der Waals surface area contributed by atoms with E-state index in [4.69, 9.17) is 11.6 Å². The van der Waals surface area contributed by atoms with E-state index in [2.05, 4.69) is 5.32 Å². The maximum atomic E-state index is 13.2. The molecule has 0 spiro atoms. The van der Waals surface area contributed by atoms with Gasteiger partial charge in [-0.05, 0) is 38.7 Å². The molecule has 0 unspecified atom stereocenters. The molecule has 0 aromatic heterocycles. The third-order valence-corrected chi connectivity index (χ3v) is 5.57. The molecule has 0 heterocycles. The summed E-state index contributed by atoms with van der Waals surface area (Å²) in [5.41, 5.74) is 1.96. The van der Waals surface area contributed by atoms with E-state index in [1.54, 1.807) is 4.90 Å². The molecule has 1 saturated carbocycles. The number of rotatable bonds is 7. The van der Waals surface area contributed by atoms with Crippen molar-refractivity contribution in [3.05, 3.63) is 35.4 Å². The molecule has 144 valence electrons. The second kappa shape index (κ2) is 9.96. The van der Waals surface area contributed by atoms with Crippen LogP contribution in [0.3, 0.4) is 0 Å². The Morgan fingerprint density at radius 2 is 1.81 bits per heavy atom. The molecule has 1 aliphatic carbocycles. The highest BCUT2D eigenvalue weighted by atomic mass is 35.5. The van der Waals surface area contributed by atoms with Gasteiger partial charge in [0.15, 0.2) is 0 Å². The number of alkyl halides is 1. The van der Waals surface area contributed by atoms with E-state index in [1.807, 2.05) is 45.0 Å². The normalized spacial score (nSPS) is 17.4. The van der Waals surface area contributed by atoms with Crippen LogP contribution < -0.4 is 5.32 Å². The minimum absolute atomic E-state index is 0.0651. The number of halogens is 1. The van der Waals surface area contributed by atoms with Crippen LogP contribution in [0, 0.1) is 6.92 Å². The smallest absolute Gasteiger partial charge is 0.247 e. The monoisotopic (exact) mass is 378 g/mol. The minimum atomic E-state index is -0.640. The highest BCUT2D eigenvalue weighted by molar-refractivity contribution is 6.27. The quantitative estimate of drug-likeness (QED) is 0.717. The van der Waals surface area contributed by atoms with E-state index in [1.165, 1.54) is 6.42 Å². The van der Waals surface area contributed by atoms with Crippen LogP contribution in [0.2, 0.25) is 0 Å². The predicted octanol–water partition coefficient (Wildman–Crippen LogP) is 4.35. The second-order valence-corrected chi connectivity index (χ2v) is 7.62. The fourth-order valence-electron chi connectivity index (χ4n) is 3.62. The minimum Gasteiger partial charge on any atom is -0.351 e. The molecular formula is C21H31ClN2O2. The number of benzene rings is 1. The number of hydrogen-bond acceptors (Lipinski definition) is 2. The summed E-state index contributed by atoms with van der Waals surface area (Å²) in [4.78, 5) is 27.5. The first-order valence-corrected chi connectivity index (χ1v) is 10.3. The molecule has 26 heavy (non-hydrogen) atoms. The highest BCUT2D eigenvalue weighted by Crippen LogP contribution is 2.27. The summed E-state index contributed by atoms with van der Waals surface area (Å²) in [6, 6.07) is 7.35. The Morgan fingerprint density at radius 1 is 1.19 bits per heavy atom. The zero-order valence-corrected chi connectivity index (χ0v) is 16.9. The van der Waals surface area contributed by atoms with E-state index in [-0.39, 0.29) is 29.8 Å². The van der Waals surface area contributed by atoms with Crippen molar-refractivity contribution >= 4 is 23.4 Å².